The van der Waals surface area contributed by atoms with Gasteiger partial charge in [-0.15, -0.1) is 0 Å². The standard InChI is InChI=1S/C26H34N6O4/c1-18-14-20-15-21(5-6-23(20)36-18)29-26(28-17-27)30-22-4-2-3-10-32(25(22)35)16-24(34)31-11-7-19(8-12-31)9-13-33/h5-6,14-15,19,22,33H,2-4,7-13,16H2,1H3,(H2,28,29,30). The molecule has 2 aromatic rings. The Balaban J connectivity index is 1.42. The molecule has 192 valence electrons. The lowest BCUT2D eigenvalue weighted by molar-refractivity contribution is -0.141. The number of aliphatic hydroxyl groups excluding tert-OH is 1. The first-order chi connectivity index (χ1) is 17.5. The molecule has 1 atom stereocenters. The zero-order chi connectivity index (χ0) is 25.5. The van der Waals surface area contributed by atoms with E-state index < -0.39 is 6.04 Å². The molecule has 2 fully saturated rings. The van der Waals surface area contributed by atoms with Gasteiger partial charge in [-0.05, 0) is 75.6 Å². The summed E-state index contributed by atoms with van der Waals surface area (Å²) in [6, 6.07) is 6.80. The molecule has 0 spiro atoms. The molecule has 1 unspecified atom stereocenters. The first-order valence-corrected chi connectivity index (χ1v) is 12.6. The van der Waals surface area contributed by atoms with E-state index in [9.17, 15) is 14.9 Å². The second-order valence-electron chi connectivity index (χ2n) is 9.56. The number of carbonyl (C=O) groups excluding carboxylic acids is 2. The van der Waals surface area contributed by atoms with Crippen LogP contribution in [0.15, 0.2) is 33.7 Å². The van der Waals surface area contributed by atoms with Crippen molar-refractivity contribution >= 4 is 34.4 Å². The van der Waals surface area contributed by atoms with Gasteiger partial charge in [-0.3, -0.25) is 14.9 Å². The highest BCUT2D eigenvalue weighted by atomic mass is 16.3. The summed E-state index contributed by atoms with van der Waals surface area (Å²) in [5.41, 5.74) is 1.48. The minimum atomic E-state index is -0.682. The molecule has 1 aromatic heterocycles. The fourth-order valence-corrected chi connectivity index (χ4v) is 4.97. The van der Waals surface area contributed by atoms with Crippen LogP contribution < -0.4 is 10.6 Å². The van der Waals surface area contributed by atoms with Gasteiger partial charge in [0.2, 0.25) is 17.8 Å². The third kappa shape index (κ3) is 6.34. The molecule has 0 bridgehead atoms. The van der Waals surface area contributed by atoms with Crippen LogP contribution in [-0.2, 0) is 9.59 Å². The smallest absolute Gasteiger partial charge is 0.247 e. The first kappa shape index (κ1) is 25.5. The molecule has 0 saturated carbocycles. The maximum atomic E-state index is 13.3. The Morgan fingerprint density at radius 2 is 2.03 bits per heavy atom. The SMILES string of the molecule is Cc1cc2cc(NC(=NC3CCCCN(CC(=O)N4CCC(CCO)CC4)C3=O)NC#N)ccc2o1. The molecule has 2 aliphatic rings. The molecule has 3 heterocycles. The number of carbonyl (C=O) groups is 2. The first-order valence-electron chi connectivity index (χ1n) is 12.6. The van der Waals surface area contributed by atoms with Crippen molar-refractivity contribution in [3.63, 3.8) is 0 Å². The number of aryl methyl sites for hydroxylation is 1. The van der Waals surface area contributed by atoms with Crippen molar-refractivity contribution in [2.45, 2.75) is 51.5 Å². The Morgan fingerprint density at radius 1 is 1.22 bits per heavy atom. The number of aliphatic hydroxyl groups is 1. The van der Waals surface area contributed by atoms with E-state index in [-0.39, 0.29) is 30.9 Å². The lowest BCUT2D eigenvalue weighted by atomic mass is 9.94. The number of benzene rings is 1. The zero-order valence-corrected chi connectivity index (χ0v) is 20.7. The van der Waals surface area contributed by atoms with Crippen LogP contribution in [0.4, 0.5) is 5.69 Å². The summed E-state index contributed by atoms with van der Waals surface area (Å²) in [5.74, 6) is 1.20. The highest BCUT2D eigenvalue weighted by Crippen LogP contribution is 2.23. The summed E-state index contributed by atoms with van der Waals surface area (Å²) in [4.78, 5) is 34.3. The minimum absolute atomic E-state index is 0.0421. The molecule has 2 saturated heterocycles. The molecule has 1 aromatic carbocycles. The van der Waals surface area contributed by atoms with Crippen molar-refractivity contribution in [3.8, 4) is 6.19 Å². The maximum absolute atomic E-state index is 13.3. The normalized spacial score (nSPS) is 19.8. The number of nitrogens with one attached hydrogen (secondary N) is 2. The van der Waals surface area contributed by atoms with Gasteiger partial charge in [0.15, 0.2) is 6.19 Å². The number of likely N-dealkylation sites (tertiary alicyclic amines) is 2. The lowest BCUT2D eigenvalue weighted by Gasteiger charge is -2.33. The van der Waals surface area contributed by atoms with Crippen molar-refractivity contribution in [1.82, 2.24) is 15.1 Å². The summed E-state index contributed by atoms with van der Waals surface area (Å²) in [6.07, 6.45) is 6.57. The van der Waals surface area contributed by atoms with Gasteiger partial charge in [0.05, 0.1) is 6.54 Å². The fraction of sp³-hybridized carbons (Fsp3) is 0.538. The third-order valence-corrected chi connectivity index (χ3v) is 6.94. The Kier molecular flexibility index (Phi) is 8.44. The monoisotopic (exact) mass is 494 g/mol. The maximum Gasteiger partial charge on any atom is 0.247 e. The average molecular weight is 495 g/mol. The van der Waals surface area contributed by atoms with Crippen molar-refractivity contribution < 1.29 is 19.1 Å². The number of rotatable bonds is 6. The molecule has 0 aliphatic carbocycles. The summed E-state index contributed by atoms with van der Waals surface area (Å²) in [5, 5.41) is 25.0. The number of guanidine groups is 1. The molecule has 10 nitrogen and oxygen atoms in total. The Labute approximate surface area is 210 Å². The highest BCUT2D eigenvalue weighted by Gasteiger charge is 2.31. The van der Waals surface area contributed by atoms with Crippen molar-refractivity contribution in [2.24, 2.45) is 10.9 Å². The van der Waals surface area contributed by atoms with Gasteiger partial charge in [0, 0.05) is 37.3 Å². The van der Waals surface area contributed by atoms with Crippen molar-refractivity contribution in [2.75, 3.05) is 38.1 Å². The fourth-order valence-electron chi connectivity index (χ4n) is 4.97. The van der Waals surface area contributed by atoms with Crippen LogP contribution in [0, 0.1) is 24.3 Å². The Hall–Kier alpha value is -3.58. The van der Waals surface area contributed by atoms with Crippen LogP contribution in [0.1, 0.15) is 44.3 Å². The quantitative estimate of drug-likeness (QED) is 0.243. The van der Waals surface area contributed by atoms with Gasteiger partial charge in [-0.1, -0.05) is 0 Å². The van der Waals surface area contributed by atoms with Gasteiger partial charge in [0.25, 0.3) is 0 Å². The van der Waals surface area contributed by atoms with E-state index >= 15 is 0 Å². The number of fused-ring (bicyclic) bond motifs is 1. The Morgan fingerprint density at radius 3 is 2.78 bits per heavy atom. The molecule has 2 aliphatic heterocycles. The molecule has 4 rings (SSSR count). The Bertz CT molecular complexity index is 1140. The topological polar surface area (TPSA) is 134 Å². The summed E-state index contributed by atoms with van der Waals surface area (Å²) >= 11 is 0. The number of hydrogen-bond acceptors (Lipinski definition) is 6. The van der Waals surface area contributed by atoms with Crippen LogP contribution in [0.5, 0.6) is 0 Å². The van der Waals surface area contributed by atoms with Crippen LogP contribution in [0.3, 0.4) is 0 Å². The van der Waals surface area contributed by atoms with E-state index in [2.05, 4.69) is 15.6 Å². The largest absolute Gasteiger partial charge is 0.461 e. The van der Waals surface area contributed by atoms with Crippen LogP contribution >= 0.6 is 0 Å². The molecule has 2 amide bonds. The number of nitrogens with zero attached hydrogens (tertiary/aromatic N) is 4. The number of amides is 2. The summed E-state index contributed by atoms with van der Waals surface area (Å²) in [6.45, 7) is 3.94. The zero-order valence-electron chi connectivity index (χ0n) is 20.7. The second-order valence-corrected chi connectivity index (χ2v) is 9.56. The number of aliphatic imine (C=N–C) groups is 1. The van der Waals surface area contributed by atoms with E-state index in [1.165, 1.54) is 0 Å². The van der Waals surface area contributed by atoms with Gasteiger partial charge in [-0.25, -0.2) is 4.99 Å². The van der Waals surface area contributed by atoms with Crippen LogP contribution in [0.2, 0.25) is 0 Å². The average Bonchev–Trinajstić information content (AvgIpc) is 3.15. The van der Waals surface area contributed by atoms with E-state index in [4.69, 9.17) is 9.52 Å². The number of hydrogen-bond donors (Lipinski definition) is 3. The van der Waals surface area contributed by atoms with Crippen LogP contribution in [-0.4, -0.2) is 71.5 Å². The predicted molar refractivity (Wildman–Crippen MR) is 136 cm³/mol. The van der Waals surface area contributed by atoms with E-state index in [0.717, 1.165) is 48.8 Å². The molecule has 36 heavy (non-hydrogen) atoms. The molecule has 10 heteroatoms. The third-order valence-electron chi connectivity index (χ3n) is 6.94. The van der Waals surface area contributed by atoms with E-state index in [0.29, 0.717) is 37.7 Å². The van der Waals surface area contributed by atoms with Crippen molar-refractivity contribution in [3.05, 3.63) is 30.0 Å². The molecule has 3 N–H and O–H groups in total. The summed E-state index contributed by atoms with van der Waals surface area (Å²) < 4.78 is 5.61. The highest BCUT2D eigenvalue weighted by molar-refractivity contribution is 5.98. The van der Waals surface area contributed by atoms with E-state index in [1.807, 2.05) is 42.3 Å². The van der Waals surface area contributed by atoms with E-state index in [1.54, 1.807) is 4.90 Å². The number of piperidine rings is 1. The molecular weight excluding hydrogens is 460 g/mol. The predicted octanol–water partition coefficient (Wildman–Crippen LogP) is 2.58. The lowest BCUT2D eigenvalue weighted by Crippen LogP contribution is -2.47. The van der Waals surface area contributed by atoms with Gasteiger partial charge < -0.3 is 24.6 Å². The van der Waals surface area contributed by atoms with Gasteiger partial charge in [0.1, 0.15) is 17.4 Å². The number of anilines is 1. The van der Waals surface area contributed by atoms with Gasteiger partial charge >= 0.3 is 0 Å². The van der Waals surface area contributed by atoms with Crippen LogP contribution in [0.25, 0.3) is 11.0 Å². The summed E-state index contributed by atoms with van der Waals surface area (Å²) in [7, 11) is 0. The van der Waals surface area contributed by atoms with Crippen molar-refractivity contribution in [1.29, 1.82) is 5.26 Å². The second kappa shape index (κ2) is 11.9. The number of nitriles is 1. The molecular formula is C26H34N6O4. The minimum Gasteiger partial charge on any atom is -0.461 e. The van der Waals surface area contributed by atoms with Gasteiger partial charge in [-0.2, -0.15) is 5.26 Å². The number of furan rings is 1. The molecule has 0 radical (unpaired) electrons.